The molecule has 9 heteroatoms. The topological polar surface area (TPSA) is 72.4 Å². The van der Waals surface area contributed by atoms with Gasteiger partial charge in [-0.1, -0.05) is 11.6 Å². The number of sulfonamides is 1. The largest absolute Gasteiger partial charge is 0.472 e. The molecule has 2 aromatic rings. The maximum absolute atomic E-state index is 12.4. The van der Waals surface area contributed by atoms with Gasteiger partial charge in [-0.25, -0.2) is 8.42 Å². The Labute approximate surface area is 131 Å². The summed E-state index contributed by atoms with van der Waals surface area (Å²) >= 11 is 6.86. The van der Waals surface area contributed by atoms with Crippen molar-refractivity contribution in [1.82, 2.24) is 14.5 Å². The molecule has 3 heterocycles. The number of thiophene rings is 1. The van der Waals surface area contributed by atoms with Crippen LogP contribution in [0.3, 0.4) is 0 Å². The Hall–Kier alpha value is -1.22. The summed E-state index contributed by atoms with van der Waals surface area (Å²) in [6.45, 7) is 0.719. The highest BCUT2D eigenvalue weighted by Gasteiger charge is 2.34. The molecule has 3 rings (SSSR count). The zero-order valence-corrected chi connectivity index (χ0v) is 13.2. The highest BCUT2D eigenvalue weighted by atomic mass is 35.5. The number of aromatic nitrogens is 2. The second-order valence-corrected chi connectivity index (χ2v) is 8.39. The van der Waals surface area contributed by atoms with Crippen molar-refractivity contribution in [2.75, 3.05) is 13.1 Å². The van der Waals surface area contributed by atoms with E-state index in [1.54, 1.807) is 24.4 Å². The van der Waals surface area contributed by atoms with Crippen LogP contribution in [-0.4, -0.2) is 42.1 Å². The number of ether oxygens (including phenoxy) is 1. The maximum Gasteiger partial charge on any atom is 0.252 e. The van der Waals surface area contributed by atoms with Gasteiger partial charge in [-0.05, 0) is 24.6 Å². The Bertz CT molecular complexity index is 720. The molecule has 0 saturated carbocycles. The minimum Gasteiger partial charge on any atom is -0.472 e. The van der Waals surface area contributed by atoms with E-state index in [0.717, 1.165) is 11.3 Å². The summed E-state index contributed by atoms with van der Waals surface area (Å²) < 4.78 is 32.6. The van der Waals surface area contributed by atoms with Gasteiger partial charge in [-0.2, -0.15) is 9.40 Å². The molecule has 0 aliphatic carbocycles. The molecule has 6 nitrogen and oxygen atoms in total. The van der Waals surface area contributed by atoms with Crippen molar-refractivity contribution in [2.24, 2.45) is 0 Å². The molecule has 1 fully saturated rings. The second kappa shape index (κ2) is 5.88. The van der Waals surface area contributed by atoms with Gasteiger partial charge in [-0.15, -0.1) is 16.4 Å². The van der Waals surface area contributed by atoms with Crippen LogP contribution < -0.4 is 4.74 Å². The van der Waals surface area contributed by atoms with Crippen LogP contribution in [0.25, 0.3) is 0 Å². The lowest BCUT2D eigenvalue weighted by Gasteiger charge is -2.15. The Morgan fingerprint density at radius 2 is 2.24 bits per heavy atom. The van der Waals surface area contributed by atoms with E-state index in [1.165, 1.54) is 10.4 Å². The van der Waals surface area contributed by atoms with Crippen molar-refractivity contribution in [2.45, 2.75) is 16.7 Å². The minimum absolute atomic E-state index is 0.216. The van der Waals surface area contributed by atoms with E-state index < -0.39 is 10.0 Å². The number of halogens is 1. The number of hydrogen-bond acceptors (Lipinski definition) is 6. The van der Waals surface area contributed by atoms with E-state index in [1.807, 2.05) is 0 Å². The third-order valence-electron chi connectivity index (χ3n) is 3.09. The fraction of sp³-hybridized carbons (Fsp3) is 0.333. The van der Waals surface area contributed by atoms with Gasteiger partial charge in [0.05, 0.1) is 10.9 Å². The summed E-state index contributed by atoms with van der Waals surface area (Å²) in [5.74, 6) is 0.404. The van der Waals surface area contributed by atoms with Crippen LogP contribution in [0.5, 0.6) is 5.88 Å². The molecule has 1 aliphatic rings. The number of rotatable bonds is 4. The first-order valence-electron chi connectivity index (χ1n) is 6.25. The van der Waals surface area contributed by atoms with Gasteiger partial charge < -0.3 is 4.74 Å². The summed E-state index contributed by atoms with van der Waals surface area (Å²) in [5, 5.41) is 7.56. The zero-order chi connectivity index (χ0) is 14.9. The van der Waals surface area contributed by atoms with Gasteiger partial charge in [0.15, 0.2) is 0 Å². The van der Waals surface area contributed by atoms with Crippen LogP contribution in [0.1, 0.15) is 6.42 Å². The van der Waals surface area contributed by atoms with E-state index in [0.29, 0.717) is 29.7 Å². The summed E-state index contributed by atoms with van der Waals surface area (Å²) in [5.41, 5.74) is 0. The molecule has 0 spiro atoms. The molecule has 0 amide bonds. The molecule has 0 aromatic carbocycles. The van der Waals surface area contributed by atoms with Crippen molar-refractivity contribution in [3.8, 4) is 5.88 Å². The van der Waals surface area contributed by atoms with Gasteiger partial charge in [0.2, 0.25) is 5.88 Å². The van der Waals surface area contributed by atoms with E-state index in [9.17, 15) is 8.42 Å². The molecule has 112 valence electrons. The third kappa shape index (κ3) is 3.18. The lowest BCUT2D eigenvalue weighted by Crippen LogP contribution is -2.30. The zero-order valence-electron chi connectivity index (χ0n) is 10.8. The average molecular weight is 346 g/mol. The Morgan fingerprint density at radius 1 is 1.38 bits per heavy atom. The van der Waals surface area contributed by atoms with Gasteiger partial charge in [-0.3, -0.25) is 0 Å². The molecular formula is C12H12ClN3O3S2. The third-order valence-corrected chi connectivity index (χ3v) is 6.65. The first-order chi connectivity index (χ1) is 10.1. The first kappa shape index (κ1) is 14.7. The predicted octanol–water partition coefficient (Wildman–Crippen LogP) is 2.03. The lowest BCUT2D eigenvalue weighted by molar-refractivity contribution is 0.204. The second-order valence-electron chi connectivity index (χ2n) is 4.51. The monoisotopic (exact) mass is 345 g/mol. The number of hydrogen-bond donors (Lipinski definition) is 0. The highest BCUT2D eigenvalue weighted by molar-refractivity contribution is 7.91. The van der Waals surface area contributed by atoms with Crippen LogP contribution in [-0.2, 0) is 10.0 Å². The van der Waals surface area contributed by atoms with Gasteiger partial charge in [0.1, 0.15) is 10.3 Å². The number of nitrogens with zero attached hydrogens (tertiary/aromatic N) is 3. The van der Waals surface area contributed by atoms with Crippen LogP contribution >= 0.6 is 22.9 Å². The van der Waals surface area contributed by atoms with E-state index in [-0.39, 0.29) is 10.3 Å². The van der Waals surface area contributed by atoms with Crippen molar-refractivity contribution in [1.29, 1.82) is 0 Å². The van der Waals surface area contributed by atoms with Gasteiger partial charge in [0.25, 0.3) is 10.0 Å². The fourth-order valence-corrected chi connectivity index (χ4v) is 5.22. The quantitative estimate of drug-likeness (QED) is 0.847. The Morgan fingerprint density at radius 3 is 2.90 bits per heavy atom. The Balaban J connectivity index is 1.69. The van der Waals surface area contributed by atoms with Gasteiger partial charge in [0, 0.05) is 18.8 Å². The van der Waals surface area contributed by atoms with Gasteiger partial charge >= 0.3 is 0 Å². The molecule has 2 aromatic heterocycles. The molecule has 0 bridgehead atoms. The van der Waals surface area contributed by atoms with Crippen LogP contribution in [0.4, 0.5) is 0 Å². The molecule has 1 saturated heterocycles. The van der Waals surface area contributed by atoms with Crippen LogP contribution in [0, 0.1) is 0 Å². The molecule has 1 aliphatic heterocycles. The van der Waals surface area contributed by atoms with E-state index in [4.69, 9.17) is 16.3 Å². The smallest absolute Gasteiger partial charge is 0.252 e. The van der Waals surface area contributed by atoms with E-state index in [2.05, 4.69) is 10.2 Å². The highest BCUT2D eigenvalue weighted by Crippen LogP contribution is 2.30. The standard InChI is InChI=1S/C12H12ClN3O3S2/c13-10-3-4-12(20-10)21(17,18)16-7-5-9(8-16)19-11-2-1-6-14-15-11/h1-4,6,9H,5,7-8H2. The lowest BCUT2D eigenvalue weighted by atomic mass is 10.3. The maximum atomic E-state index is 12.4. The molecule has 1 unspecified atom stereocenters. The van der Waals surface area contributed by atoms with Crippen molar-refractivity contribution in [3.63, 3.8) is 0 Å². The van der Waals surface area contributed by atoms with Crippen molar-refractivity contribution in [3.05, 3.63) is 34.8 Å². The normalized spacial score (nSPS) is 19.8. The fourth-order valence-electron chi connectivity index (χ4n) is 2.10. The van der Waals surface area contributed by atoms with Crippen LogP contribution in [0.15, 0.2) is 34.7 Å². The summed E-state index contributed by atoms with van der Waals surface area (Å²) in [6, 6.07) is 6.53. The molecule has 0 N–H and O–H groups in total. The SMILES string of the molecule is O=S(=O)(c1ccc(Cl)s1)N1CCC(Oc2cccnn2)C1. The summed E-state index contributed by atoms with van der Waals surface area (Å²) in [6.07, 6.45) is 1.96. The van der Waals surface area contributed by atoms with Crippen LogP contribution in [0.2, 0.25) is 4.34 Å². The summed E-state index contributed by atoms with van der Waals surface area (Å²) in [7, 11) is -3.49. The predicted molar refractivity (Wildman–Crippen MR) is 79.2 cm³/mol. The summed E-state index contributed by atoms with van der Waals surface area (Å²) in [4.78, 5) is 0. The molecule has 21 heavy (non-hydrogen) atoms. The Kier molecular flexibility index (Phi) is 4.12. The van der Waals surface area contributed by atoms with Crippen molar-refractivity contribution < 1.29 is 13.2 Å². The molecule has 1 atom stereocenters. The first-order valence-corrected chi connectivity index (χ1v) is 8.89. The van der Waals surface area contributed by atoms with E-state index >= 15 is 0 Å². The minimum atomic E-state index is -3.49. The molecule has 0 radical (unpaired) electrons. The van der Waals surface area contributed by atoms with Crippen molar-refractivity contribution >= 4 is 33.0 Å². The average Bonchev–Trinajstić information content (AvgIpc) is 3.10. The molecular weight excluding hydrogens is 334 g/mol.